The molecule has 0 bridgehead atoms. The van der Waals surface area contributed by atoms with Crippen molar-refractivity contribution in [2.45, 2.75) is 31.8 Å². The van der Waals surface area contributed by atoms with Crippen LogP contribution in [0.25, 0.3) is 10.9 Å². The maximum absolute atomic E-state index is 13.2. The second-order valence-corrected chi connectivity index (χ2v) is 9.08. The van der Waals surface area contributed by atoms with E-state index in [1.54, 1.807) is 31.3 Å². The highest BCUT2D eigenvalue weighted by molar-refractivity contribution is 6.31. The molecule has 180 valence electrons. The van der Waals surface area contributed by atoms with Crippen molar-refractivity contribution in [2.24, 2.45) is 0 Å². The Balaban J connectivity index is 1.49. The van der Waals surface area contributed by atoms with Crippen molar-refractivity contribution in [2.75, 3.05) is 20.1 Å². The Morgan fingerprint density at radius 2 is 1.97 bits per heavy atom. The second-order valence-electron chi connectivity index (χ2n) is 8.67. The van der Waals surface area contributed by atoms with Crippen LogP contribution in [0.4, 0.5) is 4.79 Å². The van der Waals surface area contributed by atoms with Crippen LogP contribution in [0.2, 0.25) is 5.02 Å². The molecular weight excluding hydrogens is 470 g/mol. The maximum Gasteiger partial charge on any atom is 0.407 e. The quantitative estimate of drug-likeness (QED) is 0.581. The van der Waals surface area contributed by atoms with Crippen molar-refractivity contribution < 1.29 is 14.7 Å². The molecule has 0 atom stereocenters. The summed E-state index contributed by atoms with van der Waals surface area (Å²) >= 11 is 6.08. The first-order valence-electron chi connectivity index (χ1n) is 11.2. The smallest absolute Gasteiger partial charge is 0.407 e. The fourth-order valence-electron chi connectivity index (χ4n) is 4.32. The molecule has 0 saturated carbocycles. The first kappa shape index (κ1) is 24.2. The van der Waals surface area contributed by atoms with Gasteiger partial charge in [0.1, 0.15) is 12.6 Å². The molecule has 0 unspecified atom stereocenters. The van der Waals surface area contributed by atoms with Crippen LogP contribution in [0.1, 0.15) is 35.4 Å². The predicted molar refractivity (Wildman–Crippen MR) is 130 cm³/mol. The highest BCUT2D eigenvalue weighted by atomic mass is 35.5. The van der Waals surface area contributed by atoms with Gasteiger partial charge in [0.2, 0.25) is 5.91 Å². The van der Waals surface area contributed by atoms with Gasteiger partial charge >= 0.3 is 6.09 Å². The summed E-state index contributed by atoms with van der Waals surface area (Å²) in [5.41, 5.74) is 2.35. The normalized spacial score (nSPS) is 14.0. The molecule has 0 radical (unpaired) electrons. The molecule has 10 heteroatoms. The summed E-state index contributed by atoms with van der Waals surface area (Å²) in [5.74, 6) is -0.110. The molecule has 0 aliphatic carbocycles. The average Bonchev–Trinajstić information content (AvgIpc) is 2.85. The Bertz CT molecular complexity index is 1390. The third kappa shape index (κ3) is 5.28. The van der Waals surface area contributed by atoms with Crippen LogP contribution in [-0.4, -0.2) is 56.6 Å². The molecule has 1 saturated heterocycles. The van der Waals surface area contributed by atoms with E-state index in [2.05, 4.69) is 4.98 Å². The number of fused-ring (bicyclic) bond motifs is 1. The van der Waals surface area contributed by atoms with Gasteiger partial charge in [-0.3, -0.25) is 14.2 Å². The van der Waals surface area contributed by atoms with Gasteiger partial charge in [0, 0.05) is 26.7 Å². The molecule has 0 spiro atoms. The second kappa shape index (κ2) is 10.2. The van der Waals surface area contributed by atoms with E-state index in [4.69, 9.17) is 22.0 Å². The van der Waals surface area contributed by atoms with Gasteiger partial charge in [-0.25, -0.2) is 9.78 Å². The first-order chi connectivity index (χ1) is 16.8. The maximum atomic E-state index is 13.2. The van der Waals surface area contributed by atoms with E-state index in [1.807, 2.05) is 18.2 Å². The van der Waals surface area contributed by atoms with Gasteiger partial charge in [-0.1, -0.05) is 23.7 Å². The Morgan fingerprint density at radius 1 is 1.23 bits per heavy atom. The van der Waals surface area contributed by atoms with E-state index in [1.165, 1.54) is 20.7 Å². The molecule has 1 aliphatic rings. The van der Waals surface area contributed by atoms with Crippen molar-refractivity contribution in [3.05, 3.63) is 74.8 Å². The van der Waals surface area contributed by atoms with E-state index in [0.29, 0.717) is 47.4 Å². The molecule has 1 aliphatic heterocycles. The first-order valence-corrected chi connectivity index (χ1v) is 11.5. The van der Waals surface area contributed by atoms with Crippen molar-refractivity contribution in [3.63, 3.8) is 0 Å². The number of likely N-dealkylation sites (N-methyl/N-ethyl adjacent to an activating group) is 1. The lowest BCUT2D eigenvalue weighted by Crippen LogP contribution is -2.36. The highest BCUT2D eigenvalue weighted by Gasteiger charge is 2.24. The van der Waals surface area contributed by atoms with Crippen molar-refractivity contribution >= 4 is 34.5 Å². The average molecular weight is 494 g/mol. The highest BCUT2D eigenvalue weighted by Crippen LogP contribution is 2.29. The van der Waals surface area contributed by atoms with Crippen molar-refractivity contribution in [1.29, 1.82) is 5.26 Å². The summed E-state index contributed by atoms with van der Waals surface area (Å²) in [4.78, 5) is 44.4. The van der Waals surface area contributed by atoms with Crippen LogP contribution < -0.4 is 5.56 Å². The number of carboxylic acid groups (broad SMARTS) is 1. The van der Waals surface area contributed by atoms with Crippen LogP contribution in [0.3, 0.4) is 0 Å². The van der Waals surface area contributed by atoms with Gasteiger partial charge in [-0.15, -0.1) is 0 Å². The van der Waals surface area contributed by atoms with Crippen LogP contribution in [0, 0.1) is 11.3 Å². The number of carbonyl (C=O) groups is 2. The summed E-state index contributed by atoms with van der Waals surface area (Å²) in [6, 6.07) is 12.5. The lowest BCUT2D eigenvalue weighted by Gasteiger charge is -2.30. The number of likely N-dealkylation sites (tertiary alicyclic amines) is 1. The number of amides is 2. The third-order valence-electron chi connectivity index (χ3n) is 6.39. The molecule has 4 rings (SSSR count). The minimum atomic E-state index is -0.911. The summed E-state index contributed by atoms with van der Waals surface area (Å²) in [6.45, 7) is 1.03. The van der Waals surface area contributed by atoms with E-state index < -0.39 is 6.09 Å². The largest absolute Gasteiger partial charge is 0.465 e. The lowest BCUT2D eigenvalue weighted by atomic mass is 9.89. The third-order valence-corrected chi connectivity index (χ3v) is 6.70. The number of benzene rings is 2. The molecule has 1 fully saturated rings. The van der Waals surface area contributed by atoms with E-state index in [0.717, 1.165) is 11.1 Å². The molecule has 35 heavy (non-hydrogen) atoms. The zero-order valence-electron chi connectivity index (χ0n) is 19.1. The van der Waals surface area contributed by atoms with Crippen LogP contribution in [-0.2, 0) is 17.9 Å². The molecule has 1 aromatic heterocycles. The summed E-state index contributed by atoms with van der Waals surface area (Å²) in [5, 5.41) is 18.9. The summed E-state index contributed by atoms with van der Waals surface area (Å²) in [7, 11) is 1.63. The van der Waals surface area contributed by atoms with Gasteiger partial charge in [0.15, 0.2) is 0 Å². The van der Waals surface area contributed by atoms with E-state index in [9.17, 15) is 14.4 Å². The fraction of sp³-hybridized carbons (Fsp3) is 0.320. The zero-order valence-corrected chi connectivity index (χ0v) is 19.9. The van der Waals surface area contributed by atoms with E-state index in [-0.39, 0.29) is 30.5 Å². The molecule has 1 N–H and O–H groups in total. The van der Waals surface area contributed by atoms with Crippen LogP contribution in [0.15, 0.2) is 47.5 Å². The number of halogens is 1. The summed E-state index contributed by atoms with van der Waals surface area (Å²) in [6.07, 6.45) is 1.84. The fourth-order valence-corrected chi connectivity index (χ4v) is 4.57. The number of hydrogen-bond acceptors (Lipinski definition) is 5. The predicted octanol–water partition coefficient (Wildman–Crippen LogP) is 3.44. The number of nitrogens with zero attached hydrogens (tertiary/aromatic N) is 5. The molecule has 3 aromatic rings. The van der Waals surface area contributed by atoms with Crippen LogP contribution >= 0.6 is 11.6 Å². The number of aromatic nitrogens is 2. The van der Waals surface area contributed by atoms with Crippen LogP contribution in [0.5, 0.6) is 0 Å². The van der Waals surface area contributed by atoms with E-state index >= 15 is 0 Å². The Labute approximate surface area is 206 Å². The minimum absolute atomic E-state index is 0.162. The molecule has 9 nitrogen and oxygen atoms in total. The Morgan fingerprint density at radius 3 is 2.63 bits per heavy atom. The number of nitriles is 1. The summed E-state index contributed by atoms with van der Waals surface area (Å²) < 4.78 is 1.30. The monoisotopic (exact) mass is 493 g/mol. The SMILES string of the molecule is CN(Cc1ccc(C#N)c(Cl)c1)C(=O)Cn1cnc2ccc(C3CCN(C(=O)O)CC3)cc2c1=O. The van der Waals surface area contributed by atoms with Crippen molar-refractivity contribution in [1.82, 2.24) is 19.4 Å². The molecule has 2 amide bonds. The zero-order chi connectivity index (χ0) is 25.1. The Kier molecular flexibility index (Phi) is 7.03. The topological polar surface area (TPSA) is 120 Å². The van der Waals surface area contributed by atoms with Gasteiger partial charge in [-0.05, 0) is 54.2 Å². The number of hydrogen-bond donors (Lipinski definition) is 1. The van der Waals surface area contributed by atoms with Crippen molar-refractivity contribution in [3.8, 4) is 6.07 Å². The molecule has 2 heterocycles. The number of rotatable bonds is 5. The minimum Gasteiger partial charge on any atom is -0.465 e. The molecule has 2 aromatic carbocycles. The molecular formula is C25H24ClN5O4. The number of carbonyl (C=O) groups excluding carboxylic acids is 1. The number of piperidine rings is 1. The van der Waals surface area contributed by atoms with Gasteiger partial charge in [0.25, 0.3) is 5.56 Å². The van der Waals surface area contributed by atoms with Gasteiger partial charge < -0.3 is 14.9 Å². The van der Waals surface area contributed by atoms with Gasteiger partial charge in [0.05, 0.1) is 27.8 Å². The lowest BCUT2D eigenvalue weighted by molar-refractivity contribution is -0.131. The Hall–Kier alpha value is -3.90. The van der Waals surface area contributed by atoms with Gasteiger partial charge in [-0.2, -0.15) is 5.26 Å². The standard InChI is InChI=1S/C25H24ClN5O4/c1-29(13-16-2-3-19(12-27)21(26)10-16)23(32)14-31-15-28-22-5-4-18(11-20(22)24(31)33)17-6-8-30(9-7-17)25(34)35/h2-5,10-11,15,17H,6-9,13-14H2,1H3,(H,34,35).